The van der Waals surface area contributed by atoms with Gasteiger partial charge in [-0.05, 0) is 30.0 Å². The molecular weight excluding hydrogens is 312 g/mol. The van der Waals surface area contributed by atoms with Crippen LogP contribution in [0.1, 0.15) is 15.2 Å². The molecule has 0 atom stereocenters. The number of hydrogen-bond acceptors (Lipinski definition) is 5. The van der Waals surface area contributed by atoms with E-state index in [-0.39, 0.29) is 16.3 Å². The van der Waals surface area contributed by atoms with Crippen molar-refractivity contribution in [2.24, 2.45) is 0 Å². The van der Waals surface area contributed by atoms with Crippen molar-refractivity contribution in [1.29, 1.82) is 0 Å². The lowest BCUT2D eigenvalue weighted by Crippen LogP contribution is -2.28. The number of ether oxygens (including phenoxy) is 1. The van der Waals surface area contributed by atoms with E-state index < -0.39 is 16.0 Å². The Morgan fingerprint density at radius 3 is 2.67 bits per heavy atom. The molecule has 0 amide bonds. The van der Waals surface area contributed by atoms with E-state index in [0.717, 1.165) is 11.3 Å². The Balaban J connectivity index is 2.15. The van der Waals surface area contributed by atoms with Crippen LogP contribution in [0.2, 0.25) is 0 Å². The van der Waals surface area contributed by atoms with Crippen LogP contribution in [0.4, 0.5) is 0 Å². The monoisotopic (exact) mass is 328 g/mol. The first-order chi connectivity index (χ1) is 9.95. The van der Waals surface area contributed by atoms with Crippen LogP contribution in [0.25, 0.3) is 0 Å². The quantitative estimate of drug-likeness (QED) is 0.818. The van der Waals surface area contributed by atoms with E-state index in [9.17, 15) is 13.2 Å². The summed E-state index contributed by atoms with van der Waals surface area (Å²) in [5.41, 5.74) is 0.536. The lowest BCUT2D eigenvalue weighted by atomic mass is 10.3. The summed E-state index contributed by atoms with van der Waals surface area (Å²) in [7, 11) is -2.51. The van der Waals surface area contributed by atoms with Gasteiger partial charge in [0.1, 0.15) is 9.77 Å². The van der Waals surface area contributed by atoms with Crippen LogP contribution in [0.3, 0.4) is 0 Å². The maximum Gasteiger partial charge on any atom is 0.349 e. The van der Waals surface area contributed by atoms with Gasteiger partial charge >= 0.3 is 5.97 Å². The van der Waals surface area contributed by atoms with E-state index in [2.05, 4.69) is 9.46 Å². The number of nitrogens with one attached hydrogen (secondary N) is 1. The number of esters is 1. The maximum absolute atomic E-state index is 12.4. The van der Waals surface area contributed by atoms with Crippen LogP contribution in [0.15, 0.2) is 34.8 Å². The smallest absolute Gasteiger partial charge is 0.349 e. The number of carbonyl (C=O) groups is 1. The average molecular weight is 328 g/mol. The third kappa shape index (κ3) is 3.52. The second-order valence-electron chi connectivity index (χ2n) is 4.39. The number of thiophene rings is 1. The molecule has 2 aromatic rings. The Morgan fingerprint density at radius 1 is 1.38 bits per heavy atom. The molecular formula is C13H16N2O4S2. The summed E-state index contributed by atoms with van der Waals surface area (Å²) in [6, 6.07) is 3.74. The van der Waals surface area contributed by atoms with Gasteiger partial charge in [-0.15, -0.1) is 11.3 Å². The van der Waals surface area contributed by atoms with Crippen LogP contribution >= 0.6 is 11.3 Å². The highest BCUT2D eigenvalue weighted by Crippen LogP contribution is 2.27. The molecule has 0 aliphatic heterocycles. The molecule has 0 bridgehead atoms. The highest BCUT2D eigenvalue weighted by Gasteiger charge is 2.27. The molecule has 0 aliphatic carbocycles. The zero-order valence-electron chi connectivity index (χ0n) is 11.7. The van der Waals surface area contributed by atoms with Gasteiger partial charge in [-0.2, -0.15) is 0 Å². The minimum Gasteiger partial charge on any atom is -0.465 e. The molecule has 0 aromatic carbocycles. The van der Waals surface area contributed by atoms with Gasteiger partial charge in [-0.1, -0.05) is 0 Å². The average Bonchev–Trinajstić information content (AvgIpc) is 3.07. The first kappa shape index (κ1) is 15.7. The Labute approximate surface area is 127 Å². The Kier molecular flexibility index (Phi) is 4.81. The van der Waals surface area contributed by atoms with Crippen molar-refractivity contribution in [1.82, 2.24) is 9.29 Å². The highest BCUT2D eigenvalue weighted by molar-refractivity contribution is 7.89. The number of aromatic nitrogens is 1. The van der Waals surface area contributed by atoms with Crippen molar-refractivity contribution in [2.75, 3.05) is 13.7 Å². The summed E-state index contributed by atoms with van der Waals surface area (Å²) in [6.07, 6.45) is 3.70. The fourth-order valence-electron chi connectivity index (χ4n) is 1.90. The van der Waals surface area contributed by atoms with Crippen LogP contribution in [-0.4, -0.2) is 32.6 Å². The molecule has 2 rings (SSSR count). The molecule has 0 aliphatic rings. The Bertz CT molecular complexity index is 717. The zero-order chi connectivity index (χ0) is 15.5. The zero-order valence-corrected chi connectivity index (χ0v) is 13.3. The van der Waals surface area contributed by atoms with Crippen LogP contribution < -0.4 is 4.72 Å². The third-order valence-corrected chi connectivity index (χ3v) is 5.74. The lowest BCUT2D eigenvalue weighted by molar-refractivity contribution is 0.0602. The number of nitrogens with zero attached hydrogens (tertiary/aromatic N) is 1. The topological polar surface area (TPSA) is 77.4 Å². The Morgan fingerprint density at radius 2 is 2.05 bits per heavy atom. The number of carbonyl (C=O) groups excluding carboxylic acids is 1. The molecule has 6 nitrogen and oxygen atoms in total. The van der Waals surface area contributed by atoms with E-state index in [1.165, 1.54) is 7.11 Å². The highest BCUT2D eigenvalue weighted by atomic mass is 32.2. The SMILES string of the molecule is COC(=O)c1scc(C)c1S(=O)(=O)NCCn1cccc1. The van der Waals surface area contributed by atoms with Gasteiger partial charge < -0.3 is 9.30 Å². The second-order valence-corrected chi connectivity index (χ2v) is 6.97. The van der Waals surface area contributed by atoms with Crippen LogP contribution in [0.5, 0.6) is 0 Å². The first-order valence-electron chi connectivity index (χ1n) is 6.22. The number of rotatable bonds is 6. The first-order valence-corrected chi connectivity index (χ1v) is 8.59. The molecule has 0 saturated heterocycles. The minimum atomic E-state index is -3.74. The summed E-state index contributed by atoms with van der Waals surface area (Å²) >= 11 is 1.07. The van der Waals surface area contributed by atoms with Gasteiger partial charge in [-0.25, -0.2) is 17.9 Å². The molecule has 114 valence electrons. The molecule has 0 radical (unpaired) electrons. The summed E-state index contributed by atoms with van der Waals surface area (Å²) in [5, 5.41) is 1.63. The predicted octanol–water partition coefficient (Wildman–Crippen LogP) is 1.62. The standard InChI is InChI=1S/C13H16N2O4S2/c1-10-9-20-11(13(16)19-2)12(10)21(17,18)14-5-8-15-6-3-4-7-15/h3-4,6-7,9,14H,5,8H2,1-2H3. The summed E-state index contributed by atoms with van der Waals surface area (Å²) in [6.45, 7) is 2.42. The third-order valence-electron chi connectivity index (χ3n) is 2.89. The Hall–Kier alpha value is -1.64. The van der Waals surface area contributed by atoms with Crippen molar-refractivity contribution < 1.29 is 17.9 Å². The molecule has 2 aromatic heterocycles. The molecule has 1 N–H and O–H groups in total. The van der Waals surface area contributed by atoms with Crippen LogP contribution in [0, 0.1) is 6.92 Å². The molecule has 21 heavy (non-hydrogen) atoms. The number of aryl methyl sites for hydroxylation is 1. The number of hydrogen-bond donors (Lipinski definition) is 1. The van der Waals surface area contributed by atoms with E-state index in [1.807, 2.05) is 29.1 Å². The van der Waals surface area contributed by atoms with Crippen molar-refractivity contribution in [3.8, 4) is 0 Å². The number of methoxy groups -OCH3 is 1. The van der Waals surface area contributed by atoms with E-state index >= 15 is 0 Å². The predicted molar refractivity (Wildman–Crippen MR) is 80.0 cm³/mol. The van der Waals surface area contributed by atoms with Crippen molar-refractivity contribution in [2.45, 2.75) is 18.4 Å². The molecule has 0 spiro atoms. The lowest BCUT2D eigenvalue weighted by Gasteiger charge is -2.09. The van der Waals surface area contributed by atoms with Gasteiger partial charge in [0, 0.05) is 25.5 Å². The van der Waals surface area contributed by atoms with E-state index in [4.69, 9.17) is 0 Å². The largest absolute Gasteiger partial charge is 0.465 e. The van der Waals surface area contributed by atoms with Gasteiger partial charge in [0.05, 0.1) is 7.11 Å². The minimum absolute atomic E-state index is 0.00635. The molecule has 2 heterocycles. The molecule has 0 saturated carbocycles. The fraction of sp³-hybridized carbons (Fsp3) is 0.308. The van der Waals surface area contributed by atoms with Gasteiger partial charge in [0.2, 0.25) is 10.0 Å². The summed E-state index contributed by atoms with van der Waals surface area (Å²) < 4.78 is 33.7. The van der Waals surface area contributed by atoms with Gasteiger partial charge in [-0.3, -0.25) is 0 Å². The number of sulfonamides is 1. The molecule has 8 heteroatoms. The van der Waals surface area contributed by atoms with Crippen molar-refractivity contribution in [3.63, 3.8) is 0 Å². The maximum atomic E-state index is 12.4. The summed E-state index contributed by atoms with van der Waals surface area (Å²) in [4.78, 5) is 11.8. The van der Waals surface area contributed by atoms with Crippen molar-refractivity contribution >= 4 is 27.3 Å². The van der Waals surface area contributed by atoms with Gasteiger partial charge in [0.15, 0.2) is 0 Å². The van der Waals surface area contributed by atoms with E-state index in [0.29, 0.717) is 12.1 Å². The second kappa shape index (κ2) is 6.42. The normalized spacial score (nSPS) is 11.5. The van der Waals surface area contributed by atoms with Gasteiger partial charge in [0.25, 0.3) is 0 Å². The summed E-state index contributed by atoms with van der Waals surface area (Å²) in [5.74, 6) is -0.640. The van der Waals surface area contributed by atoms with Crippen molar-refractivity contribution in [3.05, 3.63) is 40.3 Å². The fourth-order valence-corrected chi connectivity index (χ4v) is 4.62. The van der Waals surface area contributed by atoms with E-state index in [1.54, 1.807) is 12.3 Å². The van der Waals surface area contributed by atoms with Crippen LogP contribution in [-0.2, 0) is 21.3 Å². The molecule has 0 unspecified atom stereocenters. The molecule has 0 fully saturated rings.